The van der Waals surface area contributed by atoms with Gasteiger partial charge in [-0.05, 0) is 30.2 Å². The minimum atomic E-state index is -4.64. The molecule has 0 aliphatic carbocycles. The SMILES string of the molecule is CCc1c(OC(F)(F)F)ccc(C(C)C)c1SC. The third-order valence-electron chi connectivity index (χ3n) is 2.65. The van der Waals surface area contributed by atoms with Crippen LogP contribution in [0.3, 0.4) is 0 Å². The second-order valence-corrected chi connectivity index (χ2v) is 5.04. The predicted molar refractivity (Wildman–Crippen MR) is 68.4 cm³/mol. The summed E-state index contributed by atoms with van der Waals surface area (Å²) in [7, 11) is 0. The Morgan fingerprint density at radius 3 is 2.28 bits per heavy atom. The second kappa shape index (κ2) is 5.87. The minimum absolute atomic E-state index is 0.0845. The van der Waals surface area contributed by atoms with Gasteiger partial charge in [0, 0.05) is 10.5 Å². The van der Waals surface area contributed by atoms with Crippen molar-refractivity contribution in [3.05, 3.63) is 23.3 Å². The van der Waals surface area contributed by atoms with Crippen molar-refractivity contribution in [3.63, 3.8) is 0 Å². The number of alkyl halides is 3. The highest BCUT2D eigenvalue weighted by Crippen LogP contribution is 2.38. The molecule has 0 atom stereocenters. The van der Waals surface area contributed by atoms with E-state index in [1.807, 2.05) is 27.0 Å². The summed E-state index contributed by atoms with van der Waals surface area (Å²) < 4.78 is 41.1. The van der Waals surface area contributed by atoms with Crippen molar-refractivity contribution in [2.24, 2.45) is 0 Å². The van der Waals surface area contributed by atoms with Gasteiger partial charge in [-0.2, -0.15) is 0 Å². The highest BCUT2D eigenvalue weighted by molar-refractivity contribution is 7.98. The summed E-state index contributed by atoms with van der Waals surface area (Å²) in [6.07, 6.45) is -2.25. The highest BCUT2D eigenvalue weighted by Gasteiger charge is 2.32. The molecule has 0 fully saturated rings. The predicted octanol–water partition coefficient (Wildman–Crippen LogP) is 4.99. The fraction of sp³-hybridized carbons (Fsp3) is 0.538. The van der Waals surface area contributed by atoms with Gasteiger partial charge in [-0.1, -0.05) is 26.8 Å². The van der Waals surface area contributed by atoms with E-state index in [0.717, 1.165) is 10.5 Å². The molecule has 0 aliphatic heterocycles. The van der Waals surface area contributed by atoms with E-state index in [4.69, 9.17) is 0 Å². The molecule has 1 nitrogen and oxygen atoms in total. The lowest BCUT2D eigenvalue weighted by atomic mass is 9.99. The zero-order chi connectivity index (χ0) is 13.9. The van der Waals surface area contributed by atoms with E-state index in [1.165, 1.54) is 17.8 Å². The van der Waals surface area contributed by atoms with Crippen LogP contribution >= 0.6 is 11.8 Å². The Morgan fingerprint density at radius 2 is 1.89 bits per heavy atom. The van der Waals surface area contributed by atoms with E-state index in [1.54, 1.807) is 6.07 Å². The third kappa shape index (κ3) is 3.57. The topological polar surface area (TPSA) is 9.23 Å². The van der Waals surface area contributed by atoms with E-state index in [9.17, 15) is 13.2 Å². The molecule has 0 spiro atoms. The first kappa shape index (κ1) is 15.2. The zero-order valence-electron chi connectivity index (χ0n) is 10.9. The summed E-state index contributed by atoms with van der Waals surface area (Å²) in [4.78, 5) is 0.897. The molecule has 5 heteroatoms. The summed E-state index contributed by atoms with van der Waals surface area (Å²) in [5.41, 5.74) is 1.69. The monoisotopic (exact) mass is 278 g/mol. The summed E-state index contributed by atoms with van der Waals surface area (Å²) >= 11 is 1.47. The van der Waals surface area contributed by atoms with Crippen molar-refractivity contribution in [2.45, 2.75) is 44.4 Å². The first-order valence-corrected chi connectivity index (χ1v) is 6.98. The van der Waals surface area contributed by atoms with E-state index >= 15 is 0 Å². The molecular formula is C13H17F3OS. The van der Waals surface area contributed by atoms with Gasteiger partial charge in [0.2, 0.25) is 0 Å². The lowest BCUT2D eigenvalue weighted by Gasteiger charge is -2.19. The normalized spacial score (nSPS) is 12.0. The van der Waals surface area contributed by atoms with Crippen molar-refractivity contribution in [1.82, 2.24) is 0 Å². The Balaban J connectivity index is 3.30. The first-order valence-electron chi connectivity index (χ1n) is 5.75. The zero-order valence-corrected chi connectivity index (χ0v) is 11.7. The largest absolute Gasteiger partial charge is 0.573 e. The molecule has 0 saturated heterocycles. The Bertz CT molecular complexity index is 413. The maximum Gasteiger partial charge on any atom is 0.573 e. The molecular weight excluding hydrogens is 261 g/mol. The molecule has 0 radical (unpaired) electrons. The Hall–Kier alpha value is -0.840. The molecule has 1 aromatic carbocycles. The molecule has 0 unspecified atom stereocenters. The quantitative estimate of drug-likeness (QED) is 0.717. The van der Waals surface area contributed by atoms with Crippen molar-refractivity contribution in [1.29, 1.82) is 0 Å². The summed E-state index contributed by atoms with van der Waals surface area (Å²) in [5.74, 6) is 0.191. The molecule has 0 N–H and O–H groups in total. The first-order chi connectivity index (χ1) is 8.30. The number of ether oxygens (including phenoxy) is 1. The maximum atomic E-state index is 12.3. The lowest BCUT2D eigenvalue weighted by molar-refractivity contribution is -0.275. The van der Waals surface area contributed by atoms with Crippen molar-refractivity contribution in [2.75, 3.05) is 6.26 Å². The number of benzene rings is 1. The van der Waals surface area contributed by atoms with Gasteiger partial charge in [-0.25, -0.2) is 0 Å². The number of hydrogen-bond donors (Lipinski definition) is 0. The smallest absolute Gasteiger partial charge is 0.405 e. The van der Waals surface area contributed by atoms with Gasteiger partial charge in [0.15, 0.2) is 0 Å². The van der Waals surface area contributed by atoms with Crippen LogP contribution in [-0.2, 0) is 6.42 Å². The van der Waals surface area contributed by atoms with Gasteiger partial charge < -0.3 is 4.74 Å². The Morgan fingerprint density at radius 1 is 1.28 bits per heavy atom. The van der Waals surface area contributed by atoms with Crippen LogP contribution in [0.1, 0.15) is 37.8 Å². The summed E-state index contributed by atoms with van der Waals surface area (Å²) in [6, 6.07) is 3.14. The van der Waals surface area contributed by atoms with Gasteiger partial charge in [-0.15, -0.1) is 24.9 Å². The van der Waals surface area contributed by atoms with Crippen LogP contribution in [-0.4, -0.2) is 12.6 Å². The maximum absolute atomic E-state index is 12.3. The molecule has 0 aromatic heterocycles. The molecule has 0 heterocycles. The summed E-state index contributed by atoms with van der Waals surface area (Å²) in [6.45, 7) is 5.89. The minimum Gasteiger partial charge on any atom is -0.405 e. The second-order valence-electron chi connectivity index (χ2n) is 4.22. The Labute approximate surface area is 110 Å². The number of rotatable bonds is 4. The van der Waals surface area contributed by atoms with Crippen molar-refractivity contribution >= 4 is 11.8 Å². The number of hydrogen-bond acceptors (Lipinski definition) is 2. The van der Waals surface area contributed by atoms with Crippen LogP contribution in [0.25, 0.3) is 0 Å². The van der Waals surface area contributed by atoms with Crippen LogP contribution in [0.15, 0.2) is 17.0 Å². The number of halogens is 3. The van der Waals surface area contributed by atoms with E-state index < -0.39 is 6.36 Å². The fourth-order valence-electron chi connectivity index (χ4n) is 1.88. The average molecular weight is 278 g/mol. The van der Waals surface area contributed by atoms with E-state index in [-0.39, 0.29) is 11.7 Å². The fourth-order valence-corrected chi connectivity index (χ4v) is 2.91. The van der Waals surface area contributed by atoms with Gasteiger partial charge in [0.25, 0.3) is 0 Å². The molecule has 1 aromatic rings. The van der Waals surface area contributed by atoms with Gasteiger partial charge in [0.1, 0.15) is 5.75 Å². The van der Waals surface area contributed by atoms with Crippen LogP contribution in [0.5, 0.6) is 5.75 Å². The van der Waals surface area contributed by atoms with Crippen LogP contribution in [0, 0.1) is 0 Å². The highest BCUT2D eigenvalue weighted by atomic mass is 32.2. The van der Waals surface area contributed by atoms with Crippen molar-refractivity contribution in [3.8, 4) is 5.75 Å². The van der Waals surface area contributed by atoms with Crippen LogP contribution in [0.4, 0.5) is 13.2 Å². The van der Waals surface area contributed by atoms with Gasteiger partial charge >= 0.3 is 6.36 Å². The van der Waals surface area contributed by atoms with Crippen LogP contribution in [0.2, 0.25) is 0 Å². The van der Waals surface area contributed by atoms with E-state index in [2.05, 4.69) is 4.74 Å². The molecule has 0 saturated carbocycles. The third-order valence-corrected chi connectivity index (χ3v) is 3.54. The Kier molecular flexibility index (Phi) is 4.96. The van der Waals surface area contributed by atoms with E-state index in [0.29, 0.717) is 12.0 Å². The summed E-state index contributed by atoms with van der Waals surface area (Å²) in [5, 5.41) is 0. The van der Waals surface area contributed by atoms with Gasteiger partial charge in [0.05, 0.1) is 0 Å². The average Bonchev–Trinajstić information content (AvgIpc) is 2.25. The molecule has 102 valence electrons. The van der Waals surface area contributed by atoms with Crippen molar-refractivity contribution < 1.29 is 17.9 Å². The molecule has 18 heavy (non-hydrogen) atoms. The molecule has 0 amide bonds. The lowest BCUT2D eigenvalue weighted by Crippen LogP contribution is -2.18. The van der Waals surface area contributed by atoms with Gasteiger partial charge in [-0.3, -0.25) is 0 Å². The molecule has 1 rings (SSSR count). The molecule has 0 bridgehead atoms. The molecule has 0 aliphatic rings. The van der Waals surface area contributed by atoms with Crippen LogP contribution < -0.4 is 4.74 Å². The standard InChI is InChI=1S/C13H17F3OS/c1-5-9-11(17-13(14,15)16)7-6-10(8(2)3)12(9)18-4/h6-8H,5H2,1-4H3. The number of thioether (sulfide) groups is 1.